The molecule has 34 heavy (non-hydrogen) atoms. The Kier molecular flexibility index (Phi) is 5.05. The summed E-state index contributed by atoms with van der Waals surface area (Å²) in [5, 5.41) is 9.59. The molecule has 0 aliphatic heterocycles. The summed E-state index contributed by atoms with van der Waals surface area (Å²) < 4.78 is 0. The van der Waals surface area contributed by atoms with Crippen LogP contribution in [0.4, 0.5) is 17.1 Å². The van der Waals surface area contributed by atoms with Gasteiger partial charge in [0.1, 0.15) is 11.0 Å². The first kappa shape index (κ1) is 19.9. The second-order valence-electron chi connectivity index (χ2n) is 7.89. The minimum absolute atomic E-state index is 0.843. The molecule has 0 saturated heterocycles. The van der Waals surface area contributed by atoms with Crippen LogP contribution in [-0.4, -0.2) is 20.0 Å². The molecule has 0 amide bonds. The van der Waals surface area contributed by atoms with Crippen molar-refractivity contribution in [2.75, 3.05) is 4.90 Å². The van der Waals surface area contributed by atoms with Gasteiger partial charge in [0.05, 0.1) is 11.4 Å². The van der Waals surface area contributed by atoms with Gasteiger partial charge in [0.2, 0.25) is 0 Å². The molecule has 4 aromatic carbocycles. The van der Waals surface area contributed by atoms with Gasteiger partial charge in [-0.3, -0.25) is 4.98 Å². The molecule has 6 rings (SSSR count). The fourth-order valence-corrected chi connectivity index (χ4v) is 4.22. The number of hydrogen-bond donors (Lipinski definition) is 0. The van der Waals surface area contributed by atoms with E-state index in [0.29, 0.717) is 0 Å². The molecule has 0 spiro atoms. The smallest absolute Gasteiger partial charge is 0.121 e. The van der Waals surface area contributed by atoms with Gasteiger partial charge < -0.3 is 4.90 Å². The van der Waals surface area contributed by atoms with Crippen molar-refractivity contribution in [2.45, 2.75) is 0 Å². The van der Waals surface area contributed by atoms with Crippen LogP contribution in [0.5, 0.6) is 0 Å². The number of pyridine rings is 1. The lowest BCUT2D eigenvalue weighted by atomic mass is 10.0. The van der Waals surface area contributed by atoms with Crippen molar-refractivity contribution in [2.24, 2.45) is 0 Å². The fraction of sp³-hybridized carbons (Fsp3) is 0. The number of aromatic nitrogens is 4. The van der Waals surface area contributed by atoms with E-state index in [9.17, 15) is 0 Å². The maximum atomic E-state index is 4.86. The number of benzene rings is 4. The predicted octanol–water partition coefficient (Wildman–Crippen LogP) is 6.95. The van der Waals surface area contributed by atoms with Crippen molar-refractivity contribution in [3.05, 3.63) is 128 Å². The molecule has 5 nitrogen and oxygen atoms in total. The molecule has 2 aromatic heterocycles. The summed E-state index contributed by atoms with van der Waals surface area (Å²) in [5.74, 6) is 0. The number of rotatable bonds is 5. The highest BCUT2D eigenvalue weighted by Gasteiger charge is 2.19. The molecule has 0 unspecified atom stereocenters. The lowest BCUT2D eigenvalue weighted by Crippen LogP contribution is -2.11. The molecule has 0 N–H and O–H groups in total. The number of fused-ring (bicyclic) bond motifs is 1. The third kappa shape index (κ3) is 3.59. The van der Waals surface area contributed by atoms with Crippen LogP contribution < -0.4 is 4.90 Å². The van der Waals surface area contributed by atoms with Gasteiger partial charge in [0.25, 0.3) is 0 Å². The average molecular weight is 440 g/mol. The highest BCUT2D eigenvalue weighted by molar-refractivity contribution is 5.98. The van der Waals surface area contributed by atoms with E-state index in [2.05, 4.69) is 88.7 Å². The summed E-state index contributed by atoms with van der Waals surface area (Å²) in [5.41, 5.74) is 7.95. The predicted molar refractivity (Wildman–Crippen MR) is 137 cm³/mol. The summed E-state index contributed by atoms with van der Waals surface area (Å²) in [6.45, 7) is 0. The second kappa shape index (κ2) is 8.64. The first-order valence-corrected chi connectivity index (χ1v) is 11.1. The van der Waals surface area contributed by atoms with Crippen LogP contribution in [0.2, 0.25) is 0 Å². The van der Waals surface area contributed by atoms with E-state index in [4.69, 9.17) is 10.2 Å². The van der Waals surface area contributed by atoms with Crippen molar-refractivity contribution >= 4 is 28.1 Å². The highest BCUT2D eigenvalue weighted by Crippen LogP contribution is 2.41. The summed E-state index contributed by atoms with van der Waals surface area (Å²) in [4.78, 5) is 8.05. The molecular weight excluding hydrogens is 418 g/mol. The minimum atomic E-state index is 0.843. The topological polar surface area (TPSA) is 46.8 Å². The third-order valence-electron chi connectivity index (χ3n) is 5.77. The Morgan fingerprint density at radius 3 is 1.85 bits per heavy atom. The molecule has 0 bridgehead atoms. The molecule has 5 heteroatoms. The van der Waals surface area contributed by atoms with Crippen LogP contribution in [-0.2, 0) is 0 Å². The molecule has 0 saturated carbocycles. The highest BCUT2D eigenvalue weighted by atomic mass is 15.5. The Bertz CT molecular complexity index is 1500. The number of anilines is 3. The van der Waals surface area contributed by atoms with Gasteiger partial charge in [-0.15, -0.1) is 10.2 Å². The van der Waals surface area contributed by atoms with Crippen molar-refractivity contribution in [3.8, 4) is 16.8 Å². The monoisotopic (exact) mass is 439 g/mol. The first-order valence-electron chi connectivity index (χ1n) is 11.1. The Hall–Kier alpha value is -4.77. The summed E-state index contributed by atoms with van der Waals surface area (Å²) in [6, 6.07) is 39.2. The van der Waals surface area contributed by atoms with Gasteiger partial charge in [0.15, 0.2) is 0 Å². The second-order valence-corrected chi connectivity index (χ2v) is 7.89. The fourth-order valence-electron chi connectivity index (χ4n) is 4.22. The Morgan fingerprint density at radius 1 is 0.529 bits per heavy atom. The summed E-state index contributed by atoms with van der Waals surface area (Å²) in [7, 11) is 0. The maximum Gasteiger partial charge on any atom is 0.121 e. The number of para-hydroxylation sites is 3. The normalized spacial score (nSPS) is 10.9. The summed E-state index contributed by atoms with van der Waals surface area (Å²) in [6.07, 6.45) is 3.49. The molecule has 162 valence electrons. The molecule has 0 atom stereocenters. The lowest BCUT2D eigenvalue weighted by Gasteiger charge is -2.27. The standard InChI is InChI=1S/C29H21N5/c1-3-10-22(11-4-1)33(23-12-5-2-6-13-23)28-17-8-7-14-25(28)26-15-9-16-27-29(26)32-34(31-27)24-18-20-30-21-19-24/h1-21H. The van der Waals surface area contributed by atoms with Crippen LogP contribution in [0, 0.1) is 0 Å². The Labute approximate surface area is 197 Å². The zero-order valence-corrected chi connectivity index (χ0v) is 18.4. The molecule has 0 aliphatic carbocycles. The number of nitrogens with zero attached hydrogens (tertiary/aromatic N) is 5. The van der Waals surface area contributed by atoms with Crippen molar-refractivity contribution < 1.29 is 0 Å². The van der Waals surface area contributed by atoms with Crippen molar-refractivity contribution in [3.63, 3.8) is 0 Å². The molecule has 6 aromatic rings. The molecule has 2 heterocycles. The Morgan fingerprint density at radius 2 is 1.15 bits per heavy atom. The van der Waals surface area contributed by atoms with E-state index < -0.39 is 0 Å². The van der Waals surface area contributed by atoms with Crippen molar-refractivity contribution in [1.82, 2.24) is 20.0 Å². The number of hydrogen-bond acceptors (Lipinski definition) is 4. The largest absolute Gasteiger partial charge is 0.310 e. The molecule has 0 radical (unpaired) electrons. The minimum Gasteiger partial charge on any atom is -0.310 e. The van der Waals surface area contributed by atoms with Crippen LogP contribution >= 0.6 is 0 Å². The Balaban J connectivity index is 1.56. The summed E-state index contributed by atoms with van der Waals surface area (Å²) >= 11 is 0. The van der Waals surface area contributed by atoms with Crippen molar-refractivity contribution in [1.29, 1.82) is 0 Å². The van der Waals surface area contributed by atoms with Gasteiger partial charge >= 0.3 is 0 Å². The van der Waals surface area contributed by atoms with Crippen LogP contribution in [0.15, 0.2) is 128 Å². The van der Waals surface area contributed by atoms with Gasteiger partial charge in [-0.05, 0) is 48.5 Å². The van der Waals surface area contributed by atoms with E-state index in [1.807, 2.05) is 36.4 Å². The molecule has 0 aliphatic rings. The molecule has 0 fully saturated rings. The SMILES string of the molecule is c1ccc(N(c2ccccc2)c2ccccc2-c2cccc3nn(-c4ccncc4)nc23)cc1. The van der Waals surface area contributed by atoms with E-state index in [1.54, 1.807) is 17.2 Å². The van der Waals surface area contributed by atoms with Crippen LogP contribution in [0.25, 0.3) is 27.8 Å². The van der Waals surface area contributed by atoms with Gasteiger partial charge in [-0.1, -0.05) is 66.7 Å². The van der Waals surface area contributed by atoms with Gasteiger partial charge in [-0.25, -0.2) is 0 Å². The van der Waals surface area contributed by atoms with Crippen LogP contribution in [0.3, 0.4) is 0 Å². The van der Waals surface area contributed by atoms with E-state index in [1.165, 1.54) is 0 Å². The van der Waals surface area contributed by atoms with Crippen LogP contribution in [0.1, 0.15) is 0 Å². The zero-order chi connectivity index (χ0) is 22.7. The zero-order valence-electron chi connectivity index (χ0n) is 18.4. The van der Waals surface area contributed by atoms with Gasteiger partial charge in [0, 0.05) is 34.9 Å². The van der Waals surface area contributed by atoms with E-state index in [0.717, 1.165) is 44.9 Å². The van der Waals surface area contributed by atoms with E-state index >= 15 is 0 Å². The van der Waals surface area contributed by atoms with E-state index in [-0.39, 0.29) is 0 Å². The third-order valence-corrected chi connectivity index (χ3v) is 5.77. The average Bonchev–Trinajstić information content (AvgIpc) is 3.36. The first-order chi connectivity index (χ1) is 16.9. The maximum absolute atomic E-state index is 4.86. The van der Waals surface area contributed by atoms with Gasteiger partial charge in [-0.2, -0.15) is 4.80 Å². The molecular formula is C29H21N5. The quantitative estimate of drug-likeness (QED) is 0.291. The lowest BCUT2D eigenvalue weighted by molar-refractivity contribution is 0.764.